The fraction of sp³-hybridized carbons (Fsp3) is 0.812. The summed E-state index contributed by atoms with van der Waals surface area (Å²) in [5.41, 5.74) is -1.71. The Morgan fingerprint density at radius 3 is 2.04 bits per heavy atom. The van der Waals surface area contributed by atoms with E-state index in [4.69, 9.17) is 14.2 Å². The van der Waals surface area contributed by atoms with E-state index >= 15 is 0 Å². The molecule has 0 N–H and O–H groups in total. The molecule has 0 radical (unpaired) electrons. The normalized spacial score (nSPS) is 13.0. The predicted molar refractivity (Wildman–Crippen MR) is 82.7 cm³/mol. The van der Waals surface area contributed by atoms with Crippen LogP contribution in [0.2, 0.25) is 0 Å². The Balaban J connectivity index is 5.29. The summed E-state index contributed by atoms with van der Waals surface area (Å²) in [5, 5.41) is 0. The first kappa shape index (κ1) is 21.4. The van der Waals surface area contributed by atoms with Crippen molar-refractivity contribution in [1.82, 2.24) is 0 Å². The van der Waals surface area contributed by atoms with Crippen molar-refractivity contribution in [3.63, 3.8) is 0 Å². The van der Waals surface area contributed by atoms with Crippen molar-refractivity contribution in [3.8, 4) is 0 Å². The molecule has 0 aromatic heterocycles. The molecule has 7 nitrogen and oxygen atoms in total. The van der Waals surface area contributed by atoms with Gasteiger partial charge in [0.15, 0.2) is 5.60 Å². The molecule has 134 valence electrons. The van der Waals surface area contributed by atoms with Gasteiger partial charge in [0.25, 0.3) is 0 Å². The van der Waals surface area contributed by atoms with Gasteiger partial charge in [0, 0.05) is 6.61 Å². The average molecular weight is 332 g/mol. The molecule has 0 bridgehead atoms. The summed E-state index contributed by atoms with van der Waals surface area (Å²) in [6.07, 6.45) is 1.41. The minimum atomic E-state index is -1.71. The lowest BCUT2D eigenvalue weighted by Gasteiger charge is -2.29. The van der Waals surface area contributed by atoms with E-state index in [1.807, 2.05) is 13.8 Å². The Morgan fingerprint density at radius 1 is 0.870 bits per heavy atom. The van der Waals surface area contributed by atoms with E-state index in [-0.39, 0.29) is 26.2 Å². The van der Waals surface area contributed by atoms with Crippen molar-refractivity contribution < 1.29 is 33.3 Å². The Kier molecular flexibility index (Phi) is 11.0. The molecule has 0 heterocycles. The summed E-state index contributed by atoms with van der Waals surface area (Å²) < 4.78 is 20.3. The van der Waals surface area contributed by atoms with Gasteiger partial charge in [-0.05, 0) is 19.8 Å². The standard InChI is InChI=1S/C16H28O7/c1-5-8-10-23-16(11-13(17)20-4,15(19)21-7-3)12-14(18)22-9-6-2/h5-12H2,1-4H3. The summed E-state index contributed by atoms with van der Waals surface area (Å²) in [6.45, 7) is 6.05. The quantitative estimate of drug-likeness (QED) is 0.307. The van der Waals surface area contributed by atoms with Crippen LogP contribution >= 0.6 is 0 Å². The van der Waals surface area contributed by atoms with Crippen LogP contribution < -0.4 is 0 Å². The topological polar surface area (TPSA) is 88.1 Å². The monoisotopic (exact) mass is 332 g/mol. The van der Waals surface area contributed by atoms with Crippen LogP contribution in [0.4, 0.5) is 0 Å². The molecule has 0 aromatic carbocycles. The highest BCUT2D eigenvalue weighted by atomic mass is 16.6. The fourth-order valence-electron chi connectivity index (χ4n) is 1.85. The molecular weight excluding hydrogens is 304 g/mol. The summed E-state index contributed by atoms with van der Waals surface area (Å²) >= 11 is 0. The van der Waals surface area contributed by atoms with Crippen LogP contribution in [0.1, 0.15) is 52.9 Å². The zero-order valence-corrected chi connectivity index (χ0v) is 14.5. The molecule has 0 aliphatic carbocycles. The number of carbonyl (C=O) groups is 3. The maximum Gasteiger partial charge on any atom is 0.339 e. The molecule has 7 heteroatoms. The molecule has 0 aromatic rings. The number of carbonyl (C=O) groups excluding carboxylic acids is 3. The average Bonchev–Trinajstić information content (AvgIpc) is 2.52. The maximum atomic E-state index is 12.4. The van der Waals surface area contributed by atoms with Crippen LogP contribution in [0.25, 0.3) is 0 Å². The lowest BCUT2D eigenvalue weighted by molar-refractivity contribution is -0.185. The SMILES string of the molecule is CCCCOC(CC(=O)OC)(CC(=O)OCCC)C(=O)OCC. The van der Waals surface area contributed by atoms with Gasteiger partial charge in [-0.1, -0.05) is 20.3 Å². The molecule has 0 aliphatic rings. The lowest BCUT2D eigenvalue weighted by Crippen LogP contribution is -2.47. The molecule has 23 heavy (non-hydrogen) atoms. The summed E-state index contributed by atoms with van der Waals surface area (Å²) in [5.74, 6) is -2.02. The number of hydrogen-bond acceptors (Lipinski definition) is 7. The molecule has 0 fully saturated rings. The lowest BCUT2D eigenvalue weighted by atomic mass is 9.95. The third kappa shape index (κ3) is 7.97. The van der Waals surface area contributed by atoms with Crippen LogP contribution in [0.5, 0.6) is 0 Å². The van der Waals surface area contributed by atoms with E-state index in [0.717, 1.165) is 6.42 Å². The molecule has 0 saturated heterocycles. The van der Waals surface area contributed by atoms with Gasteiger partial charge in [0.2, 0.25) is 0 Å². The van der Waals surface area contributed by atoms with Crippen molar-refractivity contribution >= 4 is 17.9 Å². The number of methoxy groups -OCH3 is 1. The molecule has 0 rings (SSSR count). The number of hydrogen-bond donors (Lipinski definition) is 0. The zero-order valence-electron chi connectivity index (χ0n) is 14.5. The highest BCUT2D eigenvalue weighted by Gasteiger charge is 2.46. The van der Waals surface area contributed by atoms with Gasteiger partial charge in [0.05, 0.1) is 33.2 Å². The Bertz CT molecular complexity index is 381. The Hall–Kier alpha value is -1.63. The van der Waals surface area contributed by atoms with E-state index in [1.165, 1.54) is 7.11 Å². The van der Waals surface area contributed by atoms with Gasteiger partial charge in [-0.15, -0.1) is 0 Å². The first-order chi connectivity index (χ1) is 11.0. The van der Waals surface area contributed by atoms with Crippen molar-refractivity contribution in [1.29, 1.82) is 0 Å². The minimum absolute atomic E-state index is 0.114. The van der Waals surface area contributed by atoms with Gasteiger partial charge in [0.1, 0.15) is 0 Å². The molecule has 0 amide bonds. The third-order valence-electron chi connectivity index (χ3n) is 3.08. The molecule has 0 aliphatic heterocycles. The van der Waals surface area contributed by atoms with Crippen LogP contribution in [-0.2, 0) is 33.3 Å². The molecule has 1 atom stereocenters. The van der Waals surface area contributed by atoms with Gasteiger partial charge >= 0.3 is 17.9 Å². The second kappa shape index (κ2) is 11.9. The molecule has 0 spiro atoms. The van der Waals surface area contributed by atoms with Crippen molar-refractivity contribution in [3.05, 3.63) is 0 Å². The van der Waals surface area contributed by atoms with Crippen LogP contribution in [0.15, 0.2) is 0 Å². The first-order valence-electron chi connectivity index (χ1n) is 7.99. The van der Waals surface area contributed by atoms with Crippen molar-refractivity contribution in [2.45, 2.75) is 58.5 Å². The molecule has 1 unspecified atom stereocenters. The Morgan fingerprint density at radius 2 is 1.52 bits per heavy atom. The molecular formula is C16H28O7. The van der Waals surface area contributed by atoms with Crippen molar-refractivity contribution in [2.75, 3.05) is 26.9 Å². The van der Waals surface area contributed by atoms with Crippen LogP contribution in [-0.4, -0.2) is 50.4 Å². The predicted octanol–water partition coefficient (Wildman–Crippen LogP) is 2.01. The van der Waals surface area contributed by atoms with E-state index in [0.29, 0.717) is 12.8 Å². The molecule has 0 saturated carbocycles. The van der Waals surface area contributed by atoms with Gasteiger partial charge in [-0.3, -0.25) is 9.59 Å². The second-order valence-corrected chi connectivity index (χ2v) is 5.07. The minimum Gasteiger partial charge on any atom is -0.469 e. The maximum absolute atomic E-state index is 12.4. The zero-order chi connectivity index (χ0) is 17.7. The van der Waals surface area contributed by atoms with Gasteiger partial charge < -0.3 is 18.9 Å². The van der Waals surface area contributed by atoms with Crippen LogP contribution in [0, 0.1) is 0 Å². The Labute approximate surface area is 137 Å². The van der Waals surface area contributed by atoms with E-state index in [9.17, 15) is 14.4 Å². The van der Waals surface area contributed by atoms with E-state index < -0.39 is 29.9 Å². The second-order valence-electron chi connectivity index (χ2n) is 5.07. The third-order valence-corrected chi connectivity index (χ3v) is 3.08. The first-order valence-corrected chi connectivity index (χ1v) is 7.99. The number of unbranched alkanes of at least 4 members (excludes halogenated alkanes) is 1. The highest BCUT2D eigenvalue weighted by Crippen LogP contribution is 2.25. The van der Waals surface area contributed by atoms with Gasteiger partial charge in [-0.25, -0.2) is 4.79 Å². The summed E-state index contributed by atoms with van der Waals surface area (Å²) in [4.78, 5) is 36.0. The van der Waals surface area contributed by atoms with Gasteiger partial charge in [-0.2, -0.15) is 0 Å². The number of rotatable bonds is 12. The smallest absolute Gasteiger partial charge is 0.339 e. The van der Waals surface area contributed by atoms with Crippen molar-refractivity contribution in [2.24, 2.45) is 0 Å². The fourth-order valence-corrected chi connectivity index (χ4v) is 1.85. The highest BCUT2D eigenvalue weighted by molar-refractivity contribution is 5.90. The summed E-state index contributed by atoms with van der Waals surface area (Å²) in [6, 6.07) is 0. The summed E-state index contributed by atoms with van der Waals surface area (Å²) in [7, 11) is 1.21. The van der Waals surface area contributed by atoms with E-state index in [2.05, 4.69) is 4.74 Å². The largest absolute Gasteiger partial charge is 0.469 e. The number of ether oxygens (including phenoxy) is 4. The number of esters is 3. The van der Waals surface area contributed by atoms with Crippen LogP contribution in [0.3, 0.4) is 0 Å². The van der Waals surface area contributed by atoms with E-state index in [1.54, 1.807) is 6.92 Å².